The molecule has 2 aromatic rings. The van der Waals surface area contributed by atoms with Gasteiger partial charge in [-0.3, -0.25) is 0 Å². The van der Waals surface area contributed by atoms with Gasteiger partial charge in [-0.25, -0.2) is 13.1 Å². The fraction of sp³-hybridized carbons (Fsp3) is 0.125. The maximum Gasteiger partial charge on any atom is 0.241 e. The molecule has 0 aliphatic heterocycles. The number of halogens is 1. The molecule has 0 heterocycles. The number of sulfonamides is 1. The number of benzene rings is 2. The highest BCUT2D eigenvalue weighted by Gasteiger charge is 2.20. The number of rotatable bonds is 6. The van der Waals surface area contributed by atoms with Crippen LogP contribution in [-0.2, 0) is 10.0 Å². The van der Waals surface area contributed by atoms with Crippen LogP contribution in [0.3, 0.4) is 0 Å². The van der Waals surface area contributed by atoms with Crippen molar-refractivity contribution in [1.29, 1.82) is 0 Å². The van der Waals surface area contributed by atoms with Gasteiger partial charge in [-0.15, -0.1) is 6.58 Å². The summed E-state index contributed by atoms with van der Waals surface area (Å²) in [6.07, 6.45) is 2.21. The summed E-state index contributed by atoms with van der Waals surface area (Å²) in [7, 11) is -3.60. The molecule has 2 rings (SSSR count). The molecule has 110 valence electrons. The van der Waals surface area contributed by atoms with E-state index in [9.17, 15) is 8.42 Å². The summed E-state index contributed by atoms with van der Waals surface area (Å²) >= 11 is 5.78. The first-order chi connectivity index (χ1) is 10.0. The van der Waals surface area contributed by atoms with Crippen molar-refractivity contribution in [2.75, 3.05) is 0 Å². The van der Waals surface area contributed by atoms with Gasteiger partial charge in [-0.05, 0) is 36.2 Å². The van der Waals surface area contributed by atoms with Crippen LogP contribution in [0.1, 0.15) is 18.0 Å². The van der Waals surface area contributed by atoms with Gasteiger partial charge < -0.3 is 0 Å². The molecule has 0 radical (unpaired) electrons. The van der Waals surface area contributed by atoms with Crippen molar-refractivity contribution in [1.82, 2.24) is 4.72 Å². The molecular weight excluding hydrogens is 306 g/mol. The minimum atomic E-state index is -3.60. The van der Waals surface area contributed by atoms with E-state index in [1.807, 2.05) is 30.3 Å². The maximum absolute atomic E-state index is 12.4. The lowest BCUT2D eigenvalue weighted by molar-refractivity contribution is 0.557. The molecule has 0 aromatic heterocycles. The Kier molecular flexibility index (Phi) is 5.17. The monoisotopic (exact) mass is 321 g/mol. The van der Waals surface area contributed by atoms with Gasteiger partial charge >= 0.3 is 0 Å². The quantitative estimate of drug-likeness (QED) is 0.819. The summed E-state index contributed by atoms with van der Waals surface area (Å²) in [5.74, 6) is 0. The van der Waals surface area contributed by atoms with Crippen LogP contribution >= 0.6 is 11.6 Å². The first-order valence-electron chi connectivity index (χ1n) is 6.46. The van der Waals surface area contributed by atoms with Gasteiger partial charge in [0.2, 0.25) is 10.0 Å². The molecule has 0 spiro atoms. The average Bonchev–Trinajstić information content (AvgIpc) is 2.48. The van der Waals surface area contributed by atoms with E-state index in [0.717, 1.165) is 5.56 Å². The fourth-order valence-electron chi connectivity index (χ4n) is 1.97. The highest BCUT2D eigenvalue weighted by Crippen LogP contribution is 2.21. The molecule has 0 bridgehead atoms. The number of hydrogen-bond donors (Lipinski definition) is 1. The molecule has 1 unspecified atom stereocenters. The molecule has 0 saturated heterocycles. The zero-order chi connectivity index (χ0) is 15.3. The minimum absolute atomic E-state index is 0.192. The van der Waals surface area contributed by atoms with Crippen molar-refractivity contribution >= 4 is 21.6 Å². The molecular formula is C16H16ClNO2S. The zero-order valence-electron chi connectivity index (χ0n) is 11.4. The normalized spacial score (nSPS) is 12.8. The number of hydrogen-bond acceptors (Lipinski definition) is 2. The second kappa shape index (κ2) is 6.89. The second-order valence-electron chi connectivity index (χ2n) is 4.56. The third-order valence-corrected chi connectivity index (χ3v) is 4.77. The predicted octanol–water partition coefficient (Wildman–Crippen LogP) is 3.94. The van der Waals surface area contributed by atoms with E-state index in [-0.39, 0.29) is 10.9 Å². The Balaban J connectivity index is 2.27. The number of nitrogens with one attached hydrogen (secondary N) is 1. The fourth-order valence-corrected chi connectivity index (χ4v) is 3.34. The third kappa shape index (κ3) is 4.17. The van der Waals surface area contributed by atoms with Crippen LogP contribution < -0.4 is 4.72 Å². The van der Waals surface area contributed by atoms with Crippen LogP contribution in [0.25, 0.3) is 0 Å². The van der Waals surface area contributed by atoms with Crippen LogP contribution in [0.2, 0.25) is 5.02 Å². The smallest absolute Gasteiger partial charge is 0.207 e. The molecule has 2 aromatic carbocycles. The van der Waals surface area contributed by atoms with Crippen LogP contribution in [0.4, 0.5) is 0 Å². The standard InChI is InChI=1S/C16H16ClNO2S/c1-2-6-16(13-7-4-3-5-8-13)18-21(19,20)15-11-9-14(17)10-12-15/h2-5,7-12,16,18H,1,6H2. The Bertz CT molecular complexity index is 697. The topological polar surface area (TPSA) is 46.2 Å². The van der Waals surface area contributed by atoms with Gasteiger partial charge in [-0.2, -0.15) is 0 Å². The second-order valence-corrected chi connectivity index (χ2v) is 6.71. The summed E-state index contributed by atoms with van der Waals surface area (Å²) in [5, 5.41) is 0.500. The van der Waals surface area contributed by atoms with Crippen LogP contribution in [0.15, 0.2) is 72.1 Å². The summed E-state index contributed by atoms with van der Waals surface area (Å²) < 4.78 is 27.5. The van der Waals surface area contributed by atoms with E-state index >= 15 is 0 Å². The van der Waals surface area contributed by atoms with Gasteiger partial charge in [0.15, 0.2) is 0 Å². The van der Waals surface area contributed by atoms with Crippen LogP contribution in [-0.4, -0.2) is 8.42 Å². The van der Waals surface area contributed by atoms with E-state index in [1.165, 1.54) is 12.1 Å². The highest BCUT2D eigenvalue weighted by molar-refractivity contribution is 7.89. The zero-order valence-corrected chi connectivity index (χ0v) is 12.9. The Morgan fingerprint density at radius 1 is 1.10 bits per heavy atom. The lowest BCUT2D eigenvalue weighted by Crippen LogP contribution is -2.28. The van der Waals surface area contributed by atoms with Crippen molar-refractivity contribution < 1.29 is 8.42 Å². The largest absolute Gasteiger partial charge is 0.241 e. The van der Waals surface area contributed by atoms with Crippen molar-refractivity contribution in [3.8, 4) is 0 Å². The summed E-state index contributed by atoms with van der Waals surface area (Å²) in [5.41, 5.74) is 0.898. The Labute approximate surface area is 130 Å². The van der Waals surface area contributed by atoms with Gasteiger partial charge in [-0.1, -0.05) is 48.0 Å². The first kappa shape index (κ1) is 15.8. The minimum Gasteiger partial charge on any atom is -0.207 e. The lowest BCUT2D eigenvalue weighted by atomic mass is 10.1. The summed E-state index contributed by atoms with van der Waals surface area (Å²) in [6, 6.07) is 15.2. The predicted molar refractivity (Wildman–Crippen MR) is 85.8 cm³/mol. The molecule has 5 heteroatoms. The van der Waals surface area contributed by atoms with E-state index in [1.54, 1.807) is 18.2 Å². The van der Waals surface area contributed by atoms with E-state index in [4.69, 9.17) is 11.6 Å². The SMILES string of the molecule is C=CCC(NS(=O)(=O)c1ccc(Cl)cc1)c1ccccc1. The van der Waals surface area contributed by atoms with Gasteiger partial charge in [0, 0.05) is 5.02 Å². The molecule has 1 atom stereocenters. The molecule has 0 fully saturated rings. The summed E-state index contributed by atoms with van der Waals surface area (Å²) in [4.78, 5) is 0.192. The van der Waals surface area contributed by atoms with Crippen LogP contribution in [0.5, 0.6) is 0 Å². The molecule has 21 heavy (non-hydrogen) atoms. The average molecular weight is 322 g/mol. The Morgan fingerprint density at radius 3 is 2.29 bits per heavy atom. The molecule has 1 N–H and O–H groups in total. The molecule has 0 amide bonds. The van der Waals surface area contributed by atoms with Gasteiger partial charge in [0.1, 0.15) is 0 Å². The van der Waals surface area contributed by atoms with Crippen molar-refractivity contribution in [2.24, 2.45) is 0 Å². The Morgan fingerprint density at radius 2 is 1.71 bits per heavy atom. The molecule has 0 aliphatic rings. The molecule has 3 nitrogen and oxygen atoms in total. The van der Waals surface area contributed by atoms with E-state index in [2.05, 4.69) is 11.3 Å². The molecule has 0 saturated carbocycles. The summed E-state index contributed by atoms with van der Waals surface area (Å²) in [6.45, 7) is 3.69. The van der Waals surface area contributed by atoms with Crippen LogP contribution in [0, 0.1) is 0 Å². The highest BCUT2D eigenvalue weighted by atomic mass is 35.5. The van der Waals surface area contributed by atoms with Crippen molar-refractivity contribution in [2.45, 2.75) is 17.4 Å². The maximum atomic E-state index is 12.4. The first-order valence-corrected chi connectivity index (χ1v) is 8.33. The van der Waals surface area contributed by atoms with Gasteiger partial charge in [0.05, 0.1) is 10.9 Å². The Hall–Kier alpha value is -1.62. The molecule has 0 aliphatic carbocycles. The van der Waals surface area contributed by atoms with Crippen molar-refractivity contribution in [3.05, 3.63) is 77.8 Å². The van der Waals surface area contributed by atoms with E-state index < -0.39 is 10.0 Å². The lowest BCUT2D eigenvalue weighted by Gasteiger charge is -2.17. The third-order valence-electron chi connectivity index (χ3n) is 3.03. The van der Waals surface area contributed by atoms with E-state index in [0.29, 0.717) is 11.4 Å². The van der Waals surface area contributed by atoms with Crippen molar-refractivity contribution in [3.63, 3.8) is 0 Å². The van der Waals surface area contributed by atoms with Gasteiger partial charge in [0.25, 0.3) is 0 Å².